The van der Waals surface area contributed by atoms with Crippen molar-refractivity contribution in [2.75, 3.05) is 27.4 Å². The van der Waals surface area contributed by atoms with Gasteiger partial charge in [-0.15, -0.1) is 0 Å². The summed E-state index contributed by atoms with van der Waals surface area (Å²) in [6.07, 6.45) is 3.35. The van der Waals surface area contributed by atoms with E-state index in [0.29, 0.717) is 17.8 Å². The zero-order chi connectivity index (χ0) is 17.2. The first kappa shape index (κ1) is 18.8. The Morgan fingerprint density at radius 3 is 2.43 bits per heavy atom. The summed E-state index contributed by atoms with van der Waals surface area (Å²) in [7, 11) is 2.98. The minimum Gasteiger partial charge on any atom is -0.496 e. The first-order chi connectivity index (χ1) is 11.1. The van der Waals surface area contributed by atoms with E-state index in [0.717, 1.165) is 24.8 Å². The highest BCUT2D eigenvalue weighted by Gasteiger charge is 2.21. The molecule has 0 aliphatic heterocycles. The van der Waals surface area contributed by atoms with E-state index in [-0.39, 0.29) is 24.5 Å². The van der Waals surface area contributed by atoms with Crippen molar-refractivity contribution in [2.24, 2.45) is 0 Å². The Kier molecular flexibility index (Phi) is 7.94. The summed E-state index contributed by atoms with van der Waals surface area (Å²) in [6.45, 7) is 3.76. The molecule has 0 fully saturated rings. The van der Waals surface area contributed by atoms with Gasteiger partial charge in [-0.05, 0) is 25.8 Å². The Labute approximate surface area is 136 Å². The number of hydrogen-bond donors (Lipinski definition) is 0. The second-order valence-electron chi connectivity index (χ2n) is 4.83. The van der Waals surface area contributed by atoms with Crippen LogP contribution in [0.5, 0.6) is 17.2 Å². The molecule has 23 heavy (non-hydrogen) atoms. The molecular formula is C17H24O6. The molecule has 128 valence electrons. The average Bonchev–Trinajstić information content (AvgIpc) is 2.56. The van der Waals surface area contributed by atoms with Crippen LogP contribution in [0.4, 0.5) is 0 Å². The quantitative estimate of drug-likeness (QED) is 0.487. The van der Waals surface area contributed by atoms with Gasteiger partial charge in [0.05, 0.1) is 20.8 Å². The monoisotopic (exact) mass is 324 g/mol. The van der Waals surface area contributed by atoms with Crippen LogP contribution in [-0.4, -0.2) is 39.7 Å². The molecular weight excluding hydrogens is 300 g/mol. The molecule has 1 aromatic carbocycles. The van der Waals surface area contributed by atoms with E-state index in [4.69, 9.17) is 18.9 Å². The van der Waals surface area contributed by atoms with Gasteiger partial charge in [0.1, 0.15) is 11.3 Å². The van der Waals surface area contributed by atoms with E-state index < -0.39 is 5.97 Å². The summed E-state index contributed by atoms with van der Waals surface area (Å²) in [5, 5.41) is 0. The fourth-order valence-corrected chi connectivity index (χ4v) is 2.22. The maximum absolute atomic E-state index is 11.5. The maximum atomic E-state index is 11.5. The first-order valence-electron chi connectivity index (χ1n) is 7.64. The number of aryl methyl sites for hydroxylation is 1. The highest BCUT2D eigenvalue weighted by Crippen LogP contribution is 2.40. The van der Waals surface area contributed by atoms with E-state index in [9.17, 15) is 9.59 Å². The second-order valence-corrected chi connectivity index (χ2v) is 4.83. The third kappa shape index (κ3) is 4.87. The largest absolute Gasteiger partial charge is 0.496 e. The molecule has 1 rings (SSSR count). The van der Waals surface area contributed by atoms with Gasteiger partial charge in [0.25, 0.3) is 0 Å². The average molecular weight is 324 g/mol. The zero-order valence-corrected chi connectivity index (χ0v) is 14.1. The van der Waals surface area contributed by atoms with Gasteiger partial charge in [-0.25, -0.2) is 4.79 Å². The van der Waals surface area contributed by atoms with Gasteiger partial charge >= 0.3 is 5.97 Å². The molecule has 0 aliphatic rings. The van der Waals surface area contributed by atoms with Crippen LogP contribution in [0, 0.1) is 0 Å². The van der Waals surface area contributed by atoms with Gasteiger partial charge in [0.15, 0.2) is 24.4 Å². The predicted molar refractivity (Wildman–Crippen MR) is 85.7 cm³/mol. The van der Waals surface area contributed by atoms with Crippen LogP contribution in [0.25, 0.3) is 0 Å². The van der Waals surface area contributed by atoms with Crippen LogP contribution in [0.2, 0.25) is 0 Å². The number of methoxy groups -OCH3 is 2. The van der Waals surface area contributed by atoms with Crippen molar-refractivity contribution in [3.05, 3.63) is 17.2 Å². The molecule has 6 nitrogen and oxygen atoms in total. The van der Waals surface area contributed by atoms with Crippen molar-refractivity contribution < 1.29 is 28.5 Å². The molecule has 0 aliphatic carbocycles. The molecule has 0 spiro atoms. The number of benzene rings is 1. The second kappa shape index (κ2) is 9.71. The summed E-state index contributed by atoms with van der Waals surface area (Å²) < 4.78 is 21.0. The Morgan fingerprint density at radius 1 is 1.17 bits per heavy atom. The molecule has 0 bridgehead atoms. The van der Waals surface area contributed by atoms with E-state index in [1.54, 1.807) is 13.0 Å². The predicted octanol–water partition coefficient (Wildman–Crippen LogP) is 2.80. The third-order valence-electron chi connectivity index (χ3n) is 3.29. The molecule has 6 heteroatoms. The van der Waals surface area contributed by atoms with Crippen molar-refractivity contribution in [1.29, 1.82) is 0 Å². The zero-order valence-electron chi connectivity index (χ0n) is 14.1. The summed E-state index contributed by atoms with van der Waals surface area (Å²) in [5.74, 6) is 0.543. The fourth-order valence-electron chi connectivity index (χ4n) is 2.22. The lowest BCUT2D eigenvalue weighted by molar-refractivity contribution is -0.145. The smallest absolute Gasteiger partial charge is 0.344 e. The number of carbonyl (C=O) groups is 2. The minimum absolute atomic E-state index is 0.209. The SMILES string of the molecule is CCCCc1cc(OC)c(C=O)c(OCC(=O)OCC)c1OC. The van der Waals surface area contributed by atoms with Crippen molar-refractivity contribution in [3.63, 3.8) is 0 Å². The highest BCUT2D eigenvalue weighted by atomic mass is 16.6. The molecule has 0 unspecified atom stereocenters. The summed E-state index contributed by atoms with van der Waals surface area (Å²) >= 11 is 0. The van der Waals surface area contributed by atoms with Crippen LogP contribution < -0.4 is 14.2 Å². The van der Waals surface area contributed by atoms with Crippen LogP contribution in [0.15, 0.2) is 6.07 Å². The minimum atomic E-state index is -0.510. The van der Waals surface area contributed by atoms with Crippen molar-refractivity contribution >= 4 is 12.3 Å². The maximum Gasteiger partial charge on any atom is 0.344 e. The lowest BCUT2D eigenvalue weighted by atomic mass is 10.0. The van der Waals surface area contributed by atoms with Gasteiger partial charge in [-0.2, -0.15) is 0 Å². The first-order valence-corrected chi connectivity index (χ1v) is 7.64. The molecule has 0 N–H and O–H groups in total. The molecule has 0 amide bonds. The Morgan fingerprint density at radius 2 is 1.91 bits per heavy atom. The van der Waals surface area contributed by atoms with Crippen molar-refractivity contribution in [2.45, 2.75) is 33.1 Å². The Bertz CT molecular complexity index is 538. The van der Waals surface area contributed by atoms with Gasteiger partial charge in [0.2, 0.25) is 0 Å². The number of esters is 1. The molecule has 1 aromatic rings. The van der Waals surface area contributed by atoms with Gasteiger partial charge in [-0.3, -0.25) is 4.79 Å². The number of aldehydes is 1. The molecule has 0 saturated carbocycles. The normalized spacial score (nSPS) is 10.1. The van der Waals surface area contributed by atoms with E-state index in [1.165, 1.54) is 14.2 Å². The molecule has 0 aromatic heterocycles. The molecule has 0 radical (unpaired) electrons. The standard InChI is InChI=1S/C17H24O6/c1-5-7-8-12-9-14(20-3)13(10-18)17(16(12)21-4)23-11-15(19)22-6-2/h9-10H,5-8,11H2,1-4H3. The Hall–Kier alpha value is -2.24. The van der Waals surface area contributed by atoms with E-state index in [1.807, 2.05) is 0 Å². The lowest BCUT2D eigenvalue weighted by Crippen LogP contribution is -2.16. The van der Waals surface area contributed by atoms with Crippen LogP contribution >= 0.6 is 0 Å². The summed E-state index contributed by atoms with van der Waals surface area (Å²) in [4.78, 5) is 23.0. The van der Waals surface area contributed by atoms with Crippen LogP contribution in [-0.2, 0) is 16.0 Å². The van der Waals surface area contributed by atoms with Gasteiger partial charge < -0.3 is 18.9 Å². The third-order valence-corrected chi connectivity index (χ3v) is 3.29. The van der Waals surface area contributed by atoms with E-state index >= 15 is 0 Å². The number of rotatable bonds is 10. The number of carbonyl (C=O) groups excluding carboxylic acids is 2. The topological polar surface area (TPSA) is 71.1 Å². The Balaban J connectivity index is 3.24. The molecule has 0 atom stereocenters. The highest BCUT2D eigenvalue weighted by molar-refractivity contribution is 5.86. The molecule has 0 saturated heterocycles. The van der Waals surface area contributed by atoms with Gasteiger partial charge in [-0.1, -0.05) is 13.3 Å². The van der Waals surface area contributed by atoms with Crippen LogP contribution in [0.1, 0.15) is 42.6 Å². The lowest BCUT2D eigenvalue weighted by Gasteiger charge is -2.18. The van der Waals surface area contributed by atoms with E-state index in [2.05, 4.69) is 6.92 Å². The number of unbranched alkanes of at least 4 members (excludes halogenated alkanes) is 1. The summed E-state index contributed by atoms with van der Waals surface area (Å²) in [6, 6.07) is 1.77. The van der Waals surface area contributed by atoms with Crippen molar-refractivity contribution in [1.82, 2.24) is 0 Å². The van der Waals surface area contributed by atoms with Crippen LogP contribution in [0.3, 0.4) is 0 Å². The number of ether oxygens (including phenoxy) is 4. The number of hydrogen-bond acceptors (Lipinski definition) is 6. The fraction of sp³-hybridized carbons (Fsp3) is 0.529. The summed E-state index contributed by atoms with van der Waals surface area (Å²) in [5.41, 5.74) is 1.09. The van der Waals surface area contributed by atoms with Gasteiger partial charge in [0, 0.05) is 5.56 Å². The van der Waals surface area contributed by atoms with Crippen molar-refractivity contribution in [3.8, 4) is 17.2 Å². The molecule has 0 heterocycles.